The van der Waals surface area contributed by atoms with Gasteiger partial charge in [0.25, 0.3) is 5.91 Å². The Balaban J connectivity index is 1.90. The molecule has 3 N–H and O–H groups in total. The Labute approximate surface area is 318 Å². The number of hydrogen-bond acceptors (Lipinski definition) is 7. The maximum absolute atomic E-state index is 13.5. The molecule has 2 aromatic rings. The van der Waals surface area contributed by atoms with Gasteiger partial charge in [0.1, 0.15) is 5.75 Å². The fourth-order valence-electron chi connectivity index (χ4n) is 5.52. The van der Waals surface area contributed by atoms with Crippen LogP contribution in [-0.4, -0.2) is 46.1 Å². The minimum atomic E-state index is -3.60. The Morgan fingerprint density at radius 3 is 1.60 bits per heavy atom. The third-order valence-corrected chi connectivity index (χ3v) is 11.7. The van der Waals surface area contributed by atoms with E-state index >= 15 is 0 Å². The maximum Gasteiger partial charge on any atom is 0.273 e. The minimum Gasteiger partial charge on any atom is -0.473 e. The van der Waals surface area contributed by atoms with E-state index in [0.717, 1.165) is 19.3 Å². The largest absolute Gasteiger partial charge is 0.473 e. The molecule has 0 aliphatic rings. The highest BCUT2D eigenvalue weighted by Crippen LogP contribution is 2.29. The van der Waals surface area contributed by atoms with Gasteiger partial charge in [0.15, 0.2) is 5.78 Å². The molecule has 13 heteroatoms. The predicted octanol–water partition coefficient (Wildman–Crippen LogP) is 10.1. The summed E-state index contributed by atoms with van der Waals surface area (Å²) in [4.78, 5) is 26.8. The number of sulfonamides is 2. The molecule has 1 unspecified atom stereocenters. The molecule has 1 amide bonds. The number of hydrogen-bond donors (Lipinski definition) is 3. The van der Waals surface area contributed by atoms with Crippen molar-refractivity contribution < 1.29 is 31.2 Å². The average molecular weight is 785 g/mol. The Kier molecular flexibility index (Phi) is 20.1. The van der Waals surface area contributed by atoms with Crippen LogP contribution in [0.3, 0.4) is 0 Å². The van der Waals surface area contributed by atoms with Crippen LogP contribution in [-0.2, 0) is 29.6 Å². The summed E-state index contributed by atoms with van der Waals surface area (Å²) in [5.41, 5.74) is -0.310. The number of carbonyl (C=O) groups is 2. The lowest BCUT2D eigenvalue weighted by atomic mass is 9.87. The van der Waals surface area contributed by atoms with Crippen molar-refractivity contribution in [3.63, 3.8) is 0 Å². The van der Waals surface area contributed by atoms with Gasteiger partial charge < -0.3 is 10.1 Å². The van der Waals surface area contributed by atoms with E-state index in [9.17, 15) is 26.4 Å². The van der Waals surface area contributed by atoms with E-state index in [0.29, 0.717) is 24.9 Å². The lowest BCUT2D eigenvalue weighted by Crippen LogP contribution is -2.45. The number of ether oxygens (including phenoxy) is 1. The molecule has 0 saturated carbocycles. The third kappa shape index (κ3) is 18.3. The summed E-state index contributed by atoms with van der Waals surface area (Å²) < 4.78 is 61.2. The number of benzene rings is 2. The standard InChI is InChI=1S/C39H62ClN3O7S2/c1-6-8-10-11-12-13-14-15-16-17-18-19-20-21-29-52(48,49)42-31-22-25-33(26-23-31)50-36(37(44)39(3,4)5)38(45)41-35-30-32(24-27-34(35)40)43-51(46,47)28-9-7-2/h22-27,30,36,42-43H,6-21,28-29H2,1-5H3,(H,41,45). The number of rotatable bonds is 27. The summed E-state index contributed by atoms with van der Waals surface area (Å²) in [5.74, 6) is -1.16. The maximum atomic E-state index is 13.5. The summed E-state index contributed by atoms with van der Waals surface area (Å²) in [6.45, 7) is 9.11. The van der Waals surface area contributed by atoms with E-state index < -0.39 is 43.3 Å². The molecular formula is C39H62ClN3O7S2. The number of anilines is 3. The first-order valence-corrected chi connectivity index (χ1v) is 22.7. The molecule has 0 aliphatic heterocycles. The molecule has 294 valence electrons. The fourth-order valence-corrected chi connectivity index (χ4v) is 8.13. The zero-order valence-electron chi connectivity index (χ0n) is 31.9. The van der Waals surface area contributed by atoms with E-state index in [1.54, 1.807) is 20.8 Å². The average Bonchev–Trinajstić information content (AvgIpc) is 3.07. The molecule has 2 rings (SSSR count). The number of ketones is 1. The van der Waals surface area contributed by atoms with Gasteiger partial charge in [0.05, 0.1) is 27.9 Å². The zero-order chi connectivity index (χ0) is 38.6. The van der Waals surface area contributed by atoms with Crippen molar-refractivity contribution >= 4 is 60.4 Å². The molecule has 0 fully saturated rings. The van der Waals surface area contributed by atoms with Gasteiger partial charge in [-0.25, -0.2) is 16.8 Å². The highest BCUT2D eigenvalue weighted by atomic mass is 35.5. The number of carbonyl (C=O) groups excluding carboxylic acids is 2. The Morgan fingerprint density at radius 1 is 0.654 bits per heavy atom. The number of Topliss-reactive ketones (excluding diaryl/α,β-unsaturated/α-hetero) is 1. The number of unbranched alkanes of at least 4 members (excludes halogenated alkanes) is 14. The second-order valence-corrected chi connectivity index (χ2v) is 18.7. The summed E-state index contributed by atoms with van der Waals surface area (Å²) in [6, 6.07) is 10.3. The van der Waals surface area contributed by atoms with Crippen LogP contribution in [0.5, 0.6) is 5.75 Å². The Hall–Kier alpha value is -2.83. The summed E-state index contributed by atoms with van der Waals surface area (Å²) in [6.07, 6.45) is 16.3. The molecule has 0 spiro atoms. The van der Waals surface area contributed by atoms with Gasteiger partial charge >= 0.3 is 0 Å². The van der Waals surface area contributed by atoms with Crippen LogP contribution >= 0.6 is 11.6 Å². The van der Waals surface area contributed by atoms with Crippen molar-refractivity contribution in [1.82, 2.24) is 0 Å². The van der Waals surface area contributed by atoms with Crippen LogP contribution < -0.4 is 19.5 Å². The van der Waals surface area contributed by atoms with Gasteiger partial charge in [0, 0.05) is 11.1 Å². The second-order valence-electron chi connectivity index (χ2n) is 14.6. The van der Waals surface area contributed by atoms with Gasteiger partial charge in [0.2, 0.25) is 26.2 Å². The normalized spacial score (nSPS) is 12.7. The van der Waals surface area contributed by atoms with Crippen molar-refractivity contribution in [2.24, 2.45) is 5.41 Å². The molecule has 0 radical (unpaired) electrons. The van der Waals surface area contributed by atoms with E-state index in [4.69, 9.17) is 16.3 Å². The SMILES string of the molecule is CCCCCCCCCCCCCCCCS(=O)(=O)Nc1ccc(OC(C(=O)Nc2cc(NS(=O)(=O)CCCC)ccc2Cl)C(=O)C(C)(C)C)cc1. The molecule has 0 aromatic heterocycles. The topological polar surface area (TPSA) is 148 Å². The van der Waals surface area contributed by atoms with Gasteiger partial charge in [-0.15, -0.1) is 0 Å². The van der Waals surface area contributed by atoms with Gasteiger partial charge in [-0.1, -0.05) is 136 Å². The van der Waals surface area contributed by atoms with E-state index in [1.807, 2.05) is 6.92 Å². The van der Waals surface area contributed by atoms with Crippen LogP contribution in [0.1, 0.15) is 137 Å². The smallest absolute Gasteiger partial charge is 0.273 e. The molecule has 52 heavy (non-hydrogen) atoms. The van der Waals surface area contributed by atoms with E-state index in [1.165, 1.54) is 107 Å². The lowest BCUT2D eigenvalue weighted by molar-refractivity contribution is -0.140. The van der Waals surface area contributed by atoms with E-state index in [-0.39, 0.29) is 33.7 Å². The fraction of sp³-hybridized carbons (Fsp3) is 0.641. The third-order valence-electron chi connectivity index (χ3n) is 8.63. The van der Waals surface area contributed by atoms with Gasteiger partial charge in [-0.3, -0.25) is 19.0 Å². The van der Waals surface area contributed by atoms with Crippen molar-refractivity contribution in [2.75, 3.05) is 26.3 Å². The van der Waals surface area contributed by atoms with Gasteiger partial charge in [-0.2, -0.15) is 0 Å². The van der Waals surface area contributed by atoms with Gasteiger partial charge in [-0.05, 0) is 55.3 Å². The van der Waals surface area contributed by atoms with Crippen LogP contribution in [0, 0.1) is 5.41 Å². The Bertz CT molecular complexity index is 1590. The van der Waals surface area contributed by atoms with Crippen molar-refractivity contribution in [3.05, 3.63) is 47.5 Å². The monoisotopic (exact) mass is 783 g/mol. The number of halogens is 1. The first kappa shape index (κ1) is 45.3. The molecular weight excluding hydrogens is 722 g/mol. The second kappa shape index (κ2) is 23.1. The molecule has 2 aromatic carbocycles. The van der Waals surface area contributed by atoms with Crippen molar-refractivity contribution in [1.29, 1.82) is 0 Å². The van der Waals surface area contributed by atoms with Crippen LogP contribution in [0.2, 0.25) is 5.02 Å². The minimum absolute atomic E-state index is 0.0234. The van der Waals surface area contributed by atoms with Crippen molar-refractivity contribution in [2.45, 2.75) is 143 Å². The highest BCUT2D eigenvalue weighted by molar-refractivity contribution is 7.92. The molecule has 1 atom stereocenters. The quantitative estimate of drug-likeness (QED) is 0.0603. The first-order valence-electron chi connectivity index (χ1n) is 19.0. The highest BCUT2D eigenvalue weighted by Gasteiger charge is 2.37. The Morgan fingerprint density at radius 2 is 1.10 bits per heavy atom. The summed E-state index contributed by atoms with van der Waals surface area (Å²) in [5, 5.41) is 2.74. The lowest BCUT2D eigenvalue weighted by Gasteiger charge is -2.25. The summed E-state index contributed by atoms with van der Waals surface area (Å²) >= 11 is 6.32. The molecule has 10 nitrogen and oxygen atoms in total. The molecule has 0 heterocycles. The molecule has 0 bridgehead atoms. The van der Waals surface area contributed by atoms with Crippen LogP contribution in [0.25, 0.3) is 0 Å². The molecule has 0 aliphatic carbocycles. The van der Waals surface area contributed by atoms with E-state index in [2.05, 4.69) is 21.7 Å². The predicted molar refractivity (Wildman–Crippen MR) is 215 cm³/mol. The van der Waals surface area contributed by atoms with Crippen molar-refractivity contribution in [3.8, 4) is 5.75 Å². The number of nitrogens with one attached hydrogen (secondary N) is 3. The zero-order valence-corrected chi connectivity index (χ0v) is 34.3. The first-order chi connectivity index (χ1) is 24.6. The summed E-state index contributed by atoms with van der Waals surface area (Å²) in [7, 11) is -7.16. The van der Waals surface area contributed by atoms with Crippen LogP contribution in [0.15, 0.2) is 42.5 Å². The van der Waals surface area contributed by atoms with Crippen LogP contribution in [0.4, 0.5) is 17.1 Å². The molecule has 0 saturated heterocycles. The number of amides is 1.